The molecule has 2 atom stereocenters. The average Bonchev–Trinajstić information content (AvgIpc) is 3.22. The van der Waals surface area contributed by atoms with Crippen molar-refractivity contribution in [2.24, 2.45) is 5.73 Å². The first-order valence-electron chi connectivity index (χ1n) is 10.0. The fraction of sp³-hybridized carbons (Fsp3) is 0.435. The number of halogens is 1. The van der Waals surface area contributed by atoms with Gasteiger partial charge in [0.25, 0.3) is 0 Å². The summed E-state index contributed by atoms with van der Waals surface area (Å²) >= 11 is 0. The lowest BCUT2D eigenvalue weighted by molar-refractivity contribution is -0.123. The Morgan fingerprint density at radius 2 is 1.83 bits per heavy atom. The highest BCUT2D eigenvalue weighted by atomic mass is 35.5. The molecular weight excluding hydrogens is 388 g/mol. The summed E-state index contributed by atoms with van der Waals surface area (Å²) in [7, 11) is 1.64. The zero-order chi connectivity index (χ0) is 19.9. The van der Waals surface area contributed by atoms with Crippen LogP contribution in [0.4, 0.5) is 0 Å². The van der Waals surface area contributed by atoms with Gasteiger partial charge in [0.05, 0.1) is 25.3 Å². The van der Waals surface area contributed by atoms with E-state index in [1.165, 1.54) is 12.8 Å². The van der Waals surface area contributed by atoms with Crippen LogP contribution in [0.5, 0.6) is 11.5 Å². The van der Waals surface area contributed by atoms with Crippen LogP contribution < -0.4 is 20.5 Å². The van der Waals surface area contributed by atoms with Gasteiger partial charge in [-0.25, -0.2) is 0 Å². The standard InChI is InChI=1S/C23H30N2O3.ClH/c1-16(25-23(26)20(24)14-17-8-4-3-5-9-17)18-12-13-21(22(15-18)27-2)28-19-10-6-7-11-19;/h3-5,8-9,12-13,15-16,19-20H,6-7,10-11,14,24H2,1-2H3,(H,25,26);1H/t16?,20-;/m0./s1. The number of ether oxygens (including phenoxy) is 2. The first-order chi connectivity index (χ1) is 13.6. The summed E-state index contributed by atoms with van der Waals surface area (Å²) in [5.41, 5.74) is 8.09. The monoisotopic (exact) mass is 418 g/mol. The van der Waals surface area contributed by atoms with Crippen molar-refractivity contribution in [1.29, 1.82) is 0 Å². The van der Waals surface area contributed by atoms with Crippen molar-refractivity contribution >= 4 is 18.3 Å². The molecule has 1 aliphatic rings. The maximum Gasteiger partial charge on any atom is 0.237 e. The molecule has 6 heteroatoms. The Bertz CT molecular complexity index is 779. The minimum absolute atomic E-state index is 0. The molecule has 1 saturated carbocycles. The highest BCUT2D eigenvalue weighted by Crippen LogP contribution is 2.33. The molecule has 0 aliphatic heterocycles. The van der Waals surface area contributed by atoms with E-state index in [0.717, 1.165) is 29.7 Å². The van der Waals surface area contributed by atoms with E-state index in [1.807, 2.05) is 55.5 Å². The number of nitrogens with two attached hydrogens (primary N) is 1. The van der Waals surface area contributed by atoms with Crippen molar-refractivity contribution in [1.82, 2.24) is 5.32 Å². The fourth-order valence-corrected chi connectivity index (χ4v) is 3.60. The SMILES string of the molecule is COc1cc(C(C)NC(=O)[C@@H](N)Cc2ccccc2)ccc1OC1CCCC1.Cl. The number of methoxy groups -OCH3 is 1. The van der Waals surface area contributed by atoms with Crippen LogP contribution >= 0.6 is 12.4 Å². The Labute approximate surface area is 179 Å². The van der Waals surface area contributed by atoms with Crippen LogP contribution in [-0.4, -0.2) is 25.2 Å². The lowest BCUT2D eigenvalue weighted by Crippen LogP contribution is -2.42. The first-order valence-corrected chi connectivity index (χ1v) is 10.0. The van der Waals surface area contributed by atoms with Gasteiger partial charge in [-0.15, -0.1) is 12.4 Å². The first kappa shape index (κ1) is 23.0. The highest BCUT2D eigenvalue weighted by molar-refractivity contribution is 5.85. The van der Waals surface area contributed by atoms with E-state index in [2.05, 4.69) is 5.32 Å². The van der Waals surface area contributed by atoms with Crippen LogP contribution in [0.1, 0.15) is 49.8 Å². The van der Waals surface area contributed by atoms with Crippen molar-refractivity contribution < 1.29 is 14.3 Å². The number of carbonyl (C=O) groups excluding carboxylic acids is 1. The Morgan fingerprint density at radius 1 is 1.14 bits per heavy atom. The Hall–Kier alpha value is -2.24. The van der Waals surface area contributed by atoms with Crippen LogP contribution in [0, 0.1) is 0 Å². The second kappa shape index (κ2) is 11.1. The smallest absolute Gasteiger partial charge is 0.237 e. The molecule has 29 heavy (non-hydrogen) atoms. The normalized spacial score (nSPS) is 15.8. The van der Waals surface area contributed by atoms with Crippen LogP contribution in [0.2, 0.25) is 0 Å². The zero-order valence-corrected chi connectivity index (χ0v) is 17.9. The van der Waals surface area contributed by atoms with Crippen molar-refractivity contribution in [3.8, 4) is 11.5 Å². The molecule has 0 spiro atoms. The van der Waals surface area contributed by atoms with E-state index in [-0.39, 0.29) is 30.5 Å². The van der Waals surface area contributed by atoms with Crippen LogP contribution in [0.25, 0.3) is 0 Å². The molecule has 5 nitrogen and oxygen atoms in total. The third-order valence-electron chi connectivity index (χ3n) is 5.28. The van der Waals surface area contributed by atoms with E-state index in [1.54, 1.807) is 7.11 Å². The summed E-state index contributed by atoms with van der Waals surface area (Å²) in [5, 5.41) is 3.00. The molecule has 0 saturated heterocycles. The Kier molecular flexibility index (Phi) is 8.80. The third-order valence-corrected chi connectivity index (χ3v) is 5.28. The van der Waals surface area contributed by atoms with Crippen molar-refractivity contribution in [3.63, 3.8) is 0 Å². The van der Waals surface area contributed by atoms with Gasteiger partial charge < -0.3 is 20.5 Å². The summed E-state index contributed by atoms with van der Waals surface area (Å²) in [6.45, 7) is 1.94. The summed E-state index contributed by atoms with van der Waals surface area (Å²) in [4.78, 5) is 12.5. The Morgan fingerprint density at radius 3 is 2.48 bits per heavy atom. The molecule has 0 aromatic heterocycles. The lowest BCUT2D eigenvalue weighted by Gasteiger charge is -2.20. The number of nitrogens with one attached hydrogen (secondary N) is 1. The lowest BCUT2D eigenvalue weighted by atomic mass is 10.0. The van der Waals surface area contributed by atoms with Crippen LogP contribution in [0.3, 0.4) is 0 Å². The Balaban J connectivity index is 0.00000300. The van der Waals surface area contributed by atoms with E-state index < -0.39 is 6.04 Å². The van der Waals surface area contributed by atoms with E-state index >= 15 is 0 Å². The van der Waals surface area contributed by atoms with Gasteiger partial charge in [-0.1, -0.05) is 36.4 Å². The summed E-state index contributed by atoms with van der Waals surface area (Å²) < 4.78 is 11.6. The summed E-state index contributed by atoms with van der Waals surface area (Å²) in [6, 6.07) is 14.9. The van der Waals surface area contributed by atoms with Crippen molar-refractivity contribution in [2.75, 3.05) is 7.11 Å². The van der Waals surface area contributed by atoms with Gasteiger partial charge in [0, 0.05) is 0 Å². The largest absolute Gasteiger partial charge is 0.493 e. The number of benzene rings is 2. The number of amides is 1. The number of rotatable bonds is 8. The molecule has 2 aromatic rings. The van der Waals surface area contributed by atoms with Crippen molar-refractivity contribution in [3.05, 3.63) is 59.7 Å². The van der Waals surface area contributed by atoms with Gasteiger partial charge in [-0.2, -0.15) is 0 Å². The average molecular weight is 419 g/mol. The van der Waals surface area contributed by atoms with Crippen LogP contribution in [-0.2, 0) is 11.2 Å². The zero-order valence-electron chi connectivity index (χ0n) is 17.1. The van der Waals surface area contributed by atoms with Gasteiger partial charge in [-0.3, -0.25) is 4.79 Å². The molecular formula is C23H31ClN2O3. The van der Waals surface area contributed by atoms with Gasteiger partial charge in [-0.05, 0) is 62.3 Å². The predicted molar refractivity (Wildman–Crippen MR) is 118 cm³/mol. The number of hydrogen-bond donors (Lipinski definition) is 2. The molecule has 2 aromatic carbocycles. The number of hydrogen-bond acceptors (Lipinski definition) is 4. The molecule has 0 bridgehead atoms. The molecule has 1 fully saturated rings. The topological polar surface area (TPSA) is 73.6 Å². The van der Waals surface area contributed by atoms with Gasteiger partial charge in [0.1, 0.15) is 0 Å². The minimum Gasteiger partial charge on any atom is -0.493 e. The molecule has 3 rings (SSSR count). The fourth-order valence-electron chi connectivity index (χ4n) is 3.60. The van der Waals surface area contributed by atoms with Gasteiger partial charge in [0.2, 0.25) is 5.91 Å². The number of carbonyl (C=O) groups is 1. The highest BCUT2D eigenvalue weighted by Gasteiger charge is 2.21. The minimum atomic E-state index is -0.586. The molecule has 1 unspecified atom stereocenters. The quantitative estimate of drug-likeness (QED) is 0.674. The van der Waals surface area contributed by atoms with E-state index in [4.69, 9.17) is 15.2 Å². The van der Waals surface area contributed by atoms with Crippen molar-refractivity contribution in [2.45, 2.75) is 57.2 Å². The maximum atomic E-state index is 12.5. The van der Waals surface area contributed by atoms with Crippen LogP contribution in [0.15, 0.2) is 48.5 Å². The molecule has 1 amide bonds. The molecule has 158 valence electrons. The molecule has 0 heterocycles. The molecule has 1 aliphatic carbocycles. The van der Waals surface area contributed by atoms with Gasteiger partial charge >= 0.3 is 0 Å². The summed E-state index contributed by atoms with van der Waals surface area (Å²) in [5.74, 6) is 1.29. The van der Waals surface area contributed by atoms with Gasteiger partial charge in [0.15, 0.2) is 11.5 Å². The third kappa shape index (κ3) is 6.38. The molecule has 0 radical (unpaired) electrons. The maximum absolute atomic E-state index is 12.5. The summed E-state index contributed by atoms with van der Waals surface area (Å²) in [6.07, 6.45) is 5.41. The van der Waals surface area contributed by atoms with E-state index in [9.17, 15) is 4.79 Å². The second-order valence-electron chi connectivity index (χ2n) is 7.46. The van der Waals surface area contributed by atoms with E-state index in [0.29, 0.717) is 12.2 Å². The molecule has 3 N–H and O–H groups in total. The predicted octanol–water partition coefficient (Wildman–Crippen LogP) is 4.19. The second-order valence-corrected chi connectivity index (χ2v) is 7.46.